The number of hydrogen-bond donors (Lipinski definition) is 1. The number of fused-ring (bicyclic) bond motifs is 1. The number of nitrogens with zero attached hydrogens (tertiary/aromatic N) is 6. The number of aryl methyl sites for hydroxylation is 2. The number of piperazine rings is 1. The Morgan fingerprint density at radius 2 is 1.89 bits per heavy atom. The number of ether oxygens (including phenoxy) is 1. The molecule has 1 saturated heterocycles. The molecule has 1 fully saturated rings. The van der Waals surface area contributed by atoms with E-state index in [1.165, 1.54) is 0 Å². The van der Waals surface area contributed by atoms with Gasteiger partial charge in [-0.2, -0.15) is 9.97 Å². The lowest BCUT2D eigenvalue weighted by Gasteiger charge is -2.33. The lowest BCUT2D eigenvalue weighted by molar-refractivity contribution is 0.311. The molecule has 182 valence electrons. The van der Waals surface area contributed by atoms with Crippen molar-refractivity contribution in [2.45, 2.75) is 13.8 Å². The van der Waals surface area contributed by atoms with Crippen molar-refractivity contribution in [3.05, 3.63) is 59.6 Å². The molecule has 5 rings (SSSR count). The SMILES string of the molecule is C/C=C/C1=CC(Nc2cc(N3CCN(C)CC3)nc(Oc3ccc4c(cc(C)n4C)c3F)n2)=NC1. The Bertz CT molecular complexity index is 1350. The van der Waals surface area contributed by atoms with Gasteiger partial charge in [0.15, 0.2) is 11.6 Å². The summed E-state index contributed by atoms with van der Waals surface area (Å²) in [4.78, 5) is 18.2. The molecule has 0 radical (unpaired) electrons. The highest BCUT2D eigenvalue weighted by Crippen LogP contribution is 2.32. The third-order valence-electron chi connectivity index (χ3n) is 6.48. The number of allylic oxidation sites excluding steroid dienone is 1. The van der Waals surface area contributed by atoms with E-state index in [1.807, 2.05) is 61.9 Å². The molecule has 0 spiro atoms. The van der Waals surface area contributed by atoms with Crippen molar-refractivity contribution in [2.24, 2.45) is 12.0 Å². The van der Waals surface area contributed by atoms with Crippen molar-refractivity contribution in [3.63, 3.8) is 0 Å². The summed E-state index contributed by atoms with van der Waals surface area (Å²) in [6.45, 7) is 8.09. The molecule has 2 aromatic heterocycles. The van der Waals surface area contributed by atoms with E-state index in [4.69, 9.17) is 4.74 Å². The van der Waals surface area contributed by atoms with E-state index in [0.717, 1.165) is 54.6 Å². The zero-order valence-electron chi connectivity index (χ0n) is 20.5. The maximum absolute atomic E-state index is 15.3. The Morgan fingerprint density at radius 1 is 1.09 bits per heavy atom. The summed E-state index contributed by atoms with van der Waals surface area (Å²) in [6, 6.07) is 7.28. The number of amidine groups is 1. The van der Waals surface area contributed by atoms with Gasteiger partial charge in [0.1, 0.15) is 17.5 Å². The van der Waals surface area contributed by atoms with E-state index in [2.05, 4.69) is 37.1 Å². The van der Waals surface area contributed by atoms with Gasteiger partial charge in [-0.1, -0.05) is 12.2 Å². The van der Waals surface area contributed by atoms with Crippen LogP contribution in [0.25, 0.3) is 10.9 Å². The van der Waals surface area contributed by atoms with E-state index in [-0.39, 0.29) is 11.8 Å². The number of benzene rings is 1. The zero-order chi connectivity index (χ0) is 24.5. The standard InChI is InChI=1S/C26H30FN7O/c1-5-6-18-14-22(28-16-18)29-23-15-24(34-11-9-32(3)10-12-34)31-26(30-23)35-21-8-7-20-19(25(21)27)13-17(2)33(20)4/h5-8,13-15H,9-12,16H2,1-4H3,(H,28,29,30,31)/b6-5+. The number of aromatic nitrogens is 3. The summed E-state index contributed by atoms with van der Waals surface area (Å²) in [7, 11) is 4.02. The minimum atomic E-state index is -0.423. The van der Waals surface area contributed by atoms with Crippen LogP contribution >= 0.6 is 0 Å². The molecule has 0 saturated carbocycles. The van der Waals surface area contributed by atoms with Crippen molar-refractivity contribution in [1.29, 1.82) is 0 Å². The number of hydrogen-bond acceptors (Lipinski definition) is 7. The van der Waals surface area contributed by atoms with Crippen LogP contribution in [0.1, 0.15) is 12.6 Å². The van der Waals surface area contributed by atoms with Crippen molar-refractivity contribution >= 4 is 28.4 Å². The van der Waals surface area contributed by atoms with Gasteiger partial charge >= 0.3 is 6.01 Å². The third kappa shape index (κ3) is 4.77. The maximum atomic E-state index is 15.3. The summed E-state index contributed by atoms with van der Waals surface area (Å²) in [5.74, 6) is 1.68. The number of rotatable bonds is 5. The summed E-state index contributed by atoms with van der Waals surface area (Å²) in [6.07, 6.45) is 6.02. The van der Waals surface area contributed by atoms with Crippen molar-refractivity contribution in [2.75, 3.05) is 50.0 Å². The highest BCUT2D eigenvalue weighted by atomic mass is 19.1. The topological polar surface area (TPSA) is 70.8 Å². The molecule has 0 unspecified atom stereocenters. The van der Waals surface area contributed by atoms with Crippen LogP contribution in [0.5, 0.6) is 11.8 Å². The average Bonchev–Trinajstić information content (AvgIpc) is 3.40. The molecule has 0 atom stereocenters. The van der Waals surface area contributed by atoms with Gasteiger partial charge in [0.25, 0.3) is 0 Å². The van der Waals surface area contributed by atoms with Crippen molar-refractivity contribution in [3.8, 4) is 11.8 Å². The number of halogens is 1. The van der Waals surface area contributed by atoms with Gasteiger partial charge in [-0.25, -0.2) is 4.39 Å². The van der Waals surface area contributed by atoms with Gasteiger partial charge in [0, 0.05) is 50.4 Å². The molecule has 35 heavy (non-hydrogen) atoms. The van der Waals surface area contributed by atoms with Crippen LogP contribution in [-0.4, -0.2) is 65.0 Å². The zero-order valence-corrected chi connectivity index (χ0v) is 20.5. The number of likely N-dealkylation sites (N-methyl/N-ethyl adjacent to an activating group) is 1. The molecular formula is C26H30FN7O. The van der Waals surface area contributed by atoms with Crippen LogP contribution in [0, 0.1) is 12.7 Å². The van der Waals surface area contributed by atoms with Gasteiger partial charge in [0.2, 0.25) is 0 Å². The van der Waals surface area contributed by atoms with Crippen LogP contribution in [0.2, 0.25) is 0 Å². The van der Waals surface area contributed by atoms with E-state index in [0.29, 0.717) is 17.7 Å². The molecule has 1 aromatic carbocycles. The van der Waals surface area contributed by atoms with E-state index >= 15 is 4.39 Å². The van der Waals surface area contributed by atoms with Gasteiger partial charge < -0.3 is 24.4 Å². The van der Waals surface area contributed by atoms with Crippen LogP contribution in [0.3, 0.4) is 0 Å². The number of nitrogens with one attached hydrogen (secondary N) is 1. The minimum Gasteiger partial charge on any atom is -0.421 e. The van der Waals surface area contributed by atoms with Crippen LogP contribution in [0.15, 0.2) is 53.1 Å². The van der Waals surface area contributed by atoms with E-state index < -0.39 is 5.82 Å². The van der Waals surface area contributed by atoms with Gasteiger partial charge in [-0.15, -0.1) is 0 Å². The second-order valence-electron chi connectivity index (χ2n) is 8.99. The monoisotopic (exact) mass is 475 g/mol. The summed E-state index contributed by atoms with van der Waals surface area (Å²) in [5.41, 5.74) is 2.90. The fourth-order valence-electron chi connectivity index (χ4n) is 4.35. The molecule has 2 aliphatic rings. The third-order valence-corrected chi connectivity index (χ3v) is 6.48. The highest BCUT2D eigenvalue weighted by Gasteiger charge is 2.20. The quantitative estimate of drug-likeness (QED) is 0.594. The smallest absolute Gasteiger partial charge is 0.326 e. The Balaban J connectivity index is 1.47. The van der Waals surface area contributed by atoms with Crippen molar-refractivity contribution in [1.82, 2.24) is 19.4 Å². The highest BCUT2D eigenvalue weighted by molar-refractivity contribution is 6.05. The molecule has 0 amide bonds. The number of anilines is 2. The molecule has 1 N–H and O–H groups in total. The molecule has 2 aliphatic heterocycles. The van der Waals surface area contributed by atoms with E-state index in [1.54, 1.807) is 6.07 Å². The second-order valence-corrected chi connectivity index (χ2v) is 8.99. The Morgan fingerprint density at radius 3 is 2.66 bits per heavy atom. The normalized spacial score (nSPS) is 16.8. The first-order valence-corrected chi connectivity index (χ1v) is 11.8. The Kier molecular flexibility index (Phi) is 6.25. The molecule has 4 heterocycles. The molecule has 9 heteroatoms. The molecule has 0 bridgehead atoms. The van der Waals surface area contributed by atoms with Crippen LogP contribution < -0.4 is 15.0 Å². The summed E-state index contributed by atoms with van der Waals surface area (Å²) < 4.78 is 23.2. The summed E-state index contributed by atoms with van der Waals surface area (Å²) >= 11 is 0. The van der Waals surface area contributed by atoms with Gasteiger partial charge in [0.05, 0.1) is 12.1 Å². The second kappa shape index (κ2) is 9.50. The molecular weight excluding hydrogens is 445 g/mol. The Labute approximate surface area is 204 Å². The predicted octanol–water partition coefficient (Wildman–Crippen LogP) is 4.29. The minimum absolute atomic E-state index is 0.0890. The lowest BCUT2D eigenvalue weighted by Crippen LogP contribution is -2.44. The fourth-order valence-corrected chi connectivity index (χ4v) is 4.35. The summed E-state index contributed by atoms with van der Waals surface area (Å²) in [5, 5.41) is 3.79. The number of aliphatic imine (C=N–C) groups is 1. The van der Waals surface area contributed by atoms with Crippen molar-refractivity contribution < 1.29 is 9.13 Å². The predicted molar refractivity (Wildman–Crippen MR) is 138 cm³/mol. The lowest BCUT2D eigenvalue weighted by atomic mass is 10.2. The fraction of sp³-hybridized carbons (Fsp3) is 0.346. The van der Waals surface area contributed by atoms with E-state index in [9.17, 15) is 0 Å². The van der Waals surface area contributed by atoms with Crippen LogP contribution in [0.4, 0.5) is 16.0 Å². The Hall–Kier alpha value is -3.72. The van der Waals surface area contributed by atoms with Gasteiger partial charge in [-0.05, 0) is 50.7 Å². The largest absolute Gasteiger partial charge is 0.421 e. The molecule has 8 nitrogen and oxygen atoms in total. The molecule has 0 aliphatic carbocycles. The maximum Gasteiger partial charge on any atom is 0.326 e. The van der Waals surface area contributed by atoms with Gasteiger partial charge in [-0.3, -0.25) is 4.99 Å². The average molecular weight is 476 g/mol. The molecule has 3 aromatic rings. The first-order chi connectivity index (χ1) is 16.9. The first-order valence-electron chi connectivity index (χ1n) is 11.8. The van der Waals surface area contributed by atoms with Crippen LogP contribution in [-0.2, 0) is 7.05 Å². The first kappa shape index (κ1) is 23.0.